The molecule has 0 spiro atoms. The van der Waals surface area contributed by atoms with Crippen LogP contribution >= 0.6 is 0 Å². The summed E-state index contributed by atoms with van der Waals surface area (Å²) in [6.45, 7) is 2.54. The van der Waals surface area contributed by atoms with Crippen molar-refractivity contribution in [1.82, 2.24) is 29.8 Å². The van der Waals surface area contributed by atoms with Crippen molar-refractivity contribution < 1.29 is 9.21 Å². The second-order valence-electron chi connectivity index (χ2n) is 8.16. The zero-order valence-electron chi connectivity index (χ0n) is 17.8. The predicted molar refractivity (Wildman–Crippen MR) is 121 cm³/mol. The van der Waals surface area contributed by atoms with E-state index in [1.165, 1.54) is 6.20 Å². The number of oxazole rings is 1. The quantitative estimate of drug-likeness (QED) is 0.451. The van der Waals surface area contributed by atoms with Crippen molar-refractivity contribution in [3.63, 3.8) is 0 Å². The fraction of sp³-hybridized carbons (Fsp3) is 0.160. The number of pyridine rings is 2. The minimum atomic E-state index is -0.417. The van der Waals surface area contributed by atoms with Gasteiger partial charge in [-0.1, -0.05) is 37.3 Å². The van der Waals surface area contributed by atoms with Gasteiger partial charge in [0.2, 0.25) is 11.7 Å². The average Bonchev–Trinajstić information content (AvgIpc) is 3.55. The molecule has 0 saturated heterocycles. The van der Waals surface area contributed by atoms with Crippen molar-refractivity contribution in [1.29, 1.82) is 0 Å². The predicted octanol–water partition coefficient (Wildman–Crippen LogP) is 4.36. The lowest BCUT2D eigenvalue weighted by Gasteiger charge is -2.37. The molecule has 162 valence electrons. The number of H-pyrrole nitrogens is 1. The second-order valence-corrected chi connectivity index (χ2v) is 8.16. The van der Waals surface area contributed by atoms with Crippen molar-refractivity contribution in [2.24, 2.45) is 0 Å². The topological polar surface area (TPSA) is 101 Å². The van der Waals surface area contributed by atoms with Crippen molar-refractivity contribution in [2.45, 2.75) is 18.9 Å². The van der Waals surface area contributed by atoms with Crippen LogP contribution in [0.3, 0.4) is 0 Å². The average molecular weight is 436 g/mol. The Bertz CT molecular complexity index is 1460. The van der Waals surface area contributed by atoms with E-state index in [1.54, 1.807) is 23.5 Å². The number of imidazole rings is 1. The first kappa shape index (κ1) is 19.4. The number of aromatic amines is 1. The van der Waals surface area contributed by atoms with Crippen LogP contribution in [0.25, 0.3) is 22.4 Å². The Morgan fingerprint density at radius 2 is 1.88 bits per heavy atom. The van der Waals surface area contributed by atoms with Gasteiger partial charge in [-0.2, -0.15) is 0 Å². The van der Waals surface area contributed by atoms with E-state index < -0.39 is 6.04 Å². The molecule has 6 rings (SSSR count). The summed E-state index contributed by atoms with van der Waals surface area (Å²) >= 11 is 0. The van der Waals surface area contributed by atoms with Crippen LogP contribution in [-0.2, 0) is 0 Å². The zero-order valence-corrected chi connectivity index (χ0v) is 17.8. The van der Waals surface area contributed by atoms with E-state index in [1.807, 2.05) is 48.7 Å². The highest BCUT2D eigenvalue weighted by Gasteiger charge is 2.39. The number of carbonyl (C=O) groups excluding carboxylic acids is 1. The summed E-state index contributed by atoms with van der Waals surface area (Å²) in [7, 11) is 0. The fourth-order valence-electron chi connectivity index (χ4n) is 4.45. The molecule has 5 aromatic rings. The minimum Gasteiger partial charge on any atom is -0.429 e. The van der Waals surface area contributed by atoms with Crippen LogP contribution in [0.5, 0.6) is 0 Å². The Hall–Kier alpha value is -4.33. The molecule has 1 N–H and O–H groups in total. The second kappa shape index (κ2) is 7.67. The maximum absolute atomic E-state index is 13.7. The maximum Gasteiger partial charge on any atom is 0.292 e. The SMILES string of the molecule is C[C@@H]1CN(C(=O)c2cnc(-c3ccccn3)o2)[C@@H](c2cc3ccccc3cn2)c2[nH]cnc21. The normalized spacial score (nSPS) is 17.8. The third kappa shape index (κ3) is 3.27. The molecular formula is C25H20N6O2. The number of hydrogen-bond donors (Lipinski definition) is 1. The van der Waals surface area contributed by atoms with Crippen LogP contribution in [0.4, 0.5) is 0 Å². The smallest absolute Gasteiger partial charge is 0.292 e. The number of aromatic nitrogens is 5. The molecule has 1 aliphatic rings. The highest BCUT2D eigenvalue weighted by molar-refractivity contribution is 5.92. The molecule has 1 aromatic carbocycles. The molecule has 0 bridgehead atoms. The van der Waals surface area contributed by atoms with Crippen LogP contribution in [0.2, 0.25) is 0 Å². The van der Waals surface area contributed by atoms with Gasteiger partial charge in [-0.3, -0.25) is 14.8 Å². The number of nitrogens with one attached hydrogen (secondary N) is 1. The first-order chi connectivity index (χ1) is 16.2. The number of nitrogens with zero attached hydrogens (tertiary/aromatic N) is 5. The molecule has 8 heteroatoms. The number of benzene rings is 1. The minimum absolute atomic E-state index is 0.0603. The van der Waals surface area contributed by atoms with Gasteiger partial charge in [0, 0.05) is 30.2 Å². The number of hydrogen-bond acceptors (Lipinski definition) is 6. The van der Waals surface area contributed by atoms with Crippen molar-refractivity contribution in [3.8, 4) is 11.6 Å². The zero-order chi connectivity index (χ0) is 22.4. The van der Waals surface area contributed by atoms with E-state index in [-0.39, 0.29) is 17.6 Å². The van der Waals surface area contributed by atoms with E-state index in [9.17, 15) is 4.79 Å². The largest absolute Gasteiger partial charge is 0.429 e. The van der Waals surface area contributed by atoms with Gasteiger partial charge in [0.15, 0.2) is 0 Å². The first-order valence-corrected chi connectivity index (χ1v) is 10.7. The molecule has 0 radical (unpaired) electrons. The third-order valence-electron chi connectivity index (χ3n) is 6.02. The molecule has 0 aliphatic carbocycles. The molecule has 1 aliphatic heterocycles. The molecule has 0 fully saturated rings. The van der Waals surface area contributed by atoms with Crippen LogP contribution < -0.4 is 0 Å². The monoisotopic (exact) mass is 436 g/mol. The van der Waals surface area contributed by atoms with Gasteiger partial charge in [-0.25, -0.2) is 9.97 Å². The van der Waals surface area contributed by atoms with Gasteiger partial charge in [0.1, 0.15) is 11.7 Å². The maximum atomic E-state index is 13.7. The first-order valence-electron chi connectivity index (χ1n) is 10.7. The van der Waals surface area contributed by atoms with Gasteiger partial charge in [0.25, 0.3) is 5.91 Å². The molecule has 33 heavy (non-hydrogen) atoms. The van der Waals surface area contributed by atoms with E-state index in [0.29, 0.717) is 18.1 Å². The van der Waals surface area contributed by atoms with Gasteiger partial charge in [-0.15, -0.1) is 0 Å². The molecule has 8 nitrogen and oxygen atoms in total. The van der Waals surface area contributed by atoms with E-state index in [0.717, 1.165) is 27.9 Å². The number of amides is 1. The van der Waals surface area contributed by atoms with Crippen LogP contribution in [0.1, 0.15) is 46.5 Å². The lowest BCUT2D eigenvalue weighted by Crippen LogP contribution is -2.42. The third-order valence-corrected chi connectivity index (χ3v) is 6.02. The molecule has 5 heterocycles. The Labute approximate surface area is 189 Å². The van der Waals surface area contributed by atoms with Crippen LogP contribution in [0.15, 0.2) is 77.9 Å². The number of rotatable bonds is 3. The van der Waals surface area contributed by atoms with Gasteiger partial charge in [-0.05, 0) is 23.6 Å². The standard InChI is InChI=1S/C25H20N6O2/c1-15-13-31(25(32)20-12-28-24(33-20)18-8-4-5-9-26-18)23(22-21(15)29-14-30-22)19-10-16-6-2-3-7-17(16)11-27-19/h2-12,14-15,23H,13H2,1H3,(H,29,30)/t15-,23+/m1/s1. The molecule has 2 atom stereocenters. The number of carbonyl (C=O) groups is 1. The summed E-state index contributed by atoms with van der Waals surface area (Å²) in [5.74, 6) is 0.282. The Morgan fingerprint density at radius 3 is 2.73 bits per heavy atom. The summed E-state index contributed by atoms with van der Waals surface area (Å²) in [6.07, 6.45) is 6.64. The highest BCUT2D eigenvalue weighted by Crippen LogP contribution is 2.39. The van der Waals surface area contributed by atoms with Crippen LogP contribution in [0, 0.1) is 0 Å². The van der Waals surface area contributed by atoms with Gasteiger partial charge in [0.05, 0.1) is 29.6 Å². The molecule has 1 amide bonds. The Morgan fingerprint density at radius 1 is 1.03 bits per heavy atom. The lowest BCUT2D eigenvalue weighted by molar-refractivity contribution is 0.0638. The van der Waals surface area contributed by atoms with Crippen LogP contribution in [-0.4, -0.2) is 42.3 Å². The van der Waals surface area contributed by atoms with E-state index in [2.05, 4.69) is 26.9 Å². The molecule has 0 saturated carbocycles. The highest BCUT2D eigenvalue weighted by atomic mass is 16.4. The number of fused-ring (bicyclic) bond motifs is 2. The summed E-state index contributed by atoms with van der Waals surface area (Å²) in [5.41, 5.74) is 3.16. The van der Waals surface area contributed by atoms with E-state index >= 15 is 0 Å². The Kier molecular flexibility index (Phi) is 4.50. The summed E-state index contributed by atoms with van der Waals surface area (Å²) in [5, 5.41) is 2.11. The fourth-order valence-corrected chi connectivity index (χ4v) is 4.45. The Balaban J connectivity index is 1.43. The van der Waals surface area contributed by atoms with Crippen molar-refractivity contribution >= 4 is 16.7 Å². The van der Waals surface area contributed by atoms with E-state index in [4.69, 9.17) is 9.40 Å². The summed E-state index contributed by atoms with van der Waals surface area (Å²) in [4.78, 5) is 36.5. The summed E-state index contributed by atoms with van der Waals surface area (Å²) in [6, 6.07) is 15.1. The molecule has 0 unspecified atom stereocenters. The van der Waals surface area contributed by atoms with Gasteiger partial charge < -0.3 is 14.3 Å². The molecular weight excluding hydrogens is 416 g/mol. The van der Waals surface area contributed by atoms with Gasteiger partial charge >= 0.3 is 0 Å². The summed E-state index contributed by atoms with van der Waals surface area (Å²) < 4.78 is 5.83. The van der Waals surface area contributed by atoms with Crippen molar-refractivity contribution in [2.75, 3.05) is 6.54 Å². The lowest BCUT2D eigenvalue weighted by atomic mass is 9.92. The van der Waals surface area contributed by atoms with Crippen molar-refractivity contribution in [3.05, 3.63) is 96.3 Å². The molecule has 4 aromatic heterocycles.